The zero-order chi connectivity index (χ0) is 18.0. The van der Waals surface area contributed by atoms with E-state index in [-0.39, 0.29) is 23.0 Å². The van der Waals surface area contributed by atoms with E-state index in [4.69, 9.17) is 5.11 Å². The number of carboxylic acid groups (broad SMARTS) is 1. The molecule has 1 aromatic heterocycles. The third-order valence-electron chi connectivity index (χ3n) is 4.49. The first kappa shape index (κ1) is 16.9. The number of piperidine rings is 1. The molecule has 0 saturated carbocycles. The highest BCUT2D eigenvalue weighted by molar-refractivity contribution is 5.93. The van der Waals surface area contributed by atoms with Gasteiger partial charge in [0.05, 0.1) is 5.56 Å². The zero-order valence-corrected chi connectivity index (χ0v) is 13.9. The molecule has 130 valence electrons. The second-order valence-corrected chi connectivity index (χ2v) is 6.23. The molecule has 3 rings (SSSR count). The summed E-state index contributed by atoms with van der Waals surface area (Å²) in [5, 5.41) is 8.98. The molecule has 7 heteroatoms. The summed E-state index contributed by atoms with van der Waals surface area (Å²) < 4.78 is 0. The molecule has 0 spiro atoms. The average Bonchev–Trinajstić information content (AvgIpc) is 2.61. The monoisotopic (exact) mass is 341 g/mol. The van der Waals surface area contributed by atoms with Crippen molar-refractivity contribution in [3.05, 3.63) is 63.3 Å². The smallest absolute Gasteiger partial charge is 0.335 e. The van der Waals surface area contributed by atoms with Gasteiger partial charge in [-0.1, -0.05) is 12.1 Å². The Morgan fingerprint density at radius 2 is 2.00 bits per heavy atom. The van der Waals surface area contributed by atoms with E-state index in [2.05, 4.69) is 9.97 Å². The van der Waals surface area contributed by atoms with Crippen molar-refractivity contribution in [3.63, 3.8) is 0 Å². The Labute approximate surface area is 144 Å². The van der Waals surface area contributed by atoms with Crippen molar-refractivity contribution in [1.29, 1.82) is 0 Å². The van der Waals surface area contributed by atoms with E-state index in [1.54, 1.807) is 36.1 Å². The highest BCUT2D eigenvalue weighted by Gasteiger charge is 2.27. The largest absolute Gasteiger partial charge is 0.478 e. The number of benzene rings is 1. The van der Waals surface area contributed by atoms with Gasteiger partial charge in [0.15, 0.2) is 0 Å². The first-order valence-electron chi connectivity index (χ1n) is 8.14. The molecular weight excluding hydrogens is 322 g/mol. The fourth-order valence-corrected chi connectivity index (χ4v) is 3.14. The van der Waals surface area contributed by atoms with Gasteiger partial charge < -0.3 is 15.0 Å². The fraction of sp³-hybridized carbons (Fsp3) is 0.333. The molecule has 1 atom stereocenters. The number of carbonyl (C=O) groups excluding carboxylic acids is 1. The number of rotatable bonds is 3. The lowest BCUT2D eigenvalue weighted by Gasteiger charge is -2.33. The molecule has 0 aliphatic carbocycles. The molecule has 25 heavy (non-hydrogen) atoms. The summed E-state index contributed by atoms with van der Waals surface area (Å²) in [5.74, 6) is -0.687. The number of aromatic carboxylic acids is 1. The van der Waals surface area contributed by atoms with Gasteiger partial charge in [0.25, 0.3) is 11.5 Å². The average molecular weight is 341 g/mol. The molecule has 1 unspecified atom stereocenters. The number of aromatic nitrogens is 2. The zero-order valence-electron chi connectivity index (χ0n) is 13.9. The lowest BCUT2D eigenvalue weighted by atomic mass is 9.90. The summed E-state index contributed by atoms with van der Waals surface area (Å²) in [6.07, 6.45) is 3.06. The van der Waals surface area contributed by atoms with Gasteiger partial charge in [-0.25, -0.2) is 9.78 Å². The van der Waals surface area contributed by atoms with Gasteiger partial charge in [0.2, 0.25) is 0 Å². The molecule has 2 heterocycles. The van der Waals surface area contributed by atoms with Crippen LogP contribution in [0.5, 0.6) is 0 Å². The number of H-pyrrole nitrogens is 1. The van der Waals surface area contributed by atoms with E-state index in [1.807, 2.05) is 0 Å². The summed E-state index contributed by atoms with van der Waals surface area (Å²) in [6, 6.07) is 6.74. The molecule has 1 amide bonds. The number of amides is 1. The fourth-order valence-electron chi connectivity index (χ4n) is 3.14. The molecule has 2 N–H and O–H groups in total. The van der Waals surface area contributed by atoms with Crippen molar-refractivity contribution in [2.24, 2.45) is 0 Å². The number of hydrogen-bond donors (Lipinski definition) is 2. The van der Waals surface area contributed by atoms with Gasteiger partial charge in [-0.05, 0) is 37.5 Å². The van der Waals surface area contributed by atoms with Crippen molar-refractivity contribution >= 4 is 11.9 Å². The van der Waals surface area contributed by atoms with Crippen LogP contribution in [-0.4, -0.2) is 44.9 Å². The topological polar surface area (TPSA) is 103 Å². The molecule has 0 radical (unpaired) electrons. The van der Waals surface area contributed by atoms with Gasteiger partial charge in [-0.15, -0.1) is 0 Å². The summed E-state index contributed by atoms with van der Waals surface area (Å²) in [7, 11) is 0. The Morgan fingerprint density at radius 3 is 2.64 bits per heavy atom. The van der Waals surface area contributed by atoms with Crippen molar-refractivity contribution in [1.82, 2.24) is 14.9 Å². The molecule has 1 fully saturated rings. The van der Waals surface area contributed by atoms with Gasteiger partial charge in [0, 0.05) is 25.2 Å². The number of carbonyl (C=O) groups is 2. The van der Waals surface area contributed by atoms with Crippen molar-refractivity contribution < 1.29 is 14.7 Å². The van der Waals surface area contributed by atoms with Crippen LogP contribution in [0.2, 0.25) is 0 Å². The van der Waals surface area contributed by atoms with E-state index < -0.39 is 11.5 Å². The van der Waals surface area contributed by atoms with Gasteiger partial charge >= 0.3 is 5.97 Å². The Bertz CT molecular complexity index is 857. The van der Waals surface area contributed by atoms with Gasteiger partial charge in [0.1, 0.15) is 11.4 Å². The second kappa shape index (κ2) is 6.88. The maximum atomic E-state index is 12.6. The predicted octanol–water partition coefficient (Wildman–Crippen LogP) is 1.80. The Kier molecular flexibility index (Phi) is 4.65. The van der Waals surface area contributed by atoms with Gasteiger partial charge in [-0.2, -0.15) is 0 Å². The second-order valence-electron chi connectivity index (χ2n) is 6.23. The standard InChI is InChI=1S/C18H19N3O4/c1-11-19-9-15(16(22)20-11)17(23)21-8-2-3-14(10-21)12-4-6-13(7-5-12)18(24)25/h4-7,9,14H,2-3,8,10H2,1H3,(H,24,25)(H,19,20,22). The number of carboxylic acids is 1. The van der Waals surface area contributed by atoms with Crippen molar-refractivity contribution in [2.75, 3.05) is 13.1 Å². The first-order chi connectivity index (χ1) is 12.0. The van der Waals surface area contributed by atoms with Crippen LogP contribution in [0.25, 0.3) is 0 Å². The van der Waals surface area contributed by atoms with Crippen LogP contribution in [0.15, 0.2) is 35.3 Å². The normalized spacial score (nSPS) is 17.3. The molecule has 2 aromatic rings. The van der Waals surface area contributed by atoms with Gasteiger partial charge in [-0.3, -0.25) is 9.59 Å². The Balaban J connectivity index is 1.77. The third kappa shape index (κ3) is 3.60. The maximum absolute atomic E-state index is 12.6. The predicted molar refractivity (Wildman–Crippen MR) is 90.9 cm³/mol. The minimum absolute atomic E-state index is 0.0486. The quantitative estimate of drug-likeness (QED) is 0.886. The number of aromatic amines is 1. The van der Waals surface area contributed by atoms with Crippen LogP contribution in [0.4, 0.5) is 0 Å². The highest BCUT2D eigenvalue weighted by atomic mass is 16.4. The van der Waals surface area contributed by atoms with Crippen molar-refractivity contribution in [3.8, 4) is 0 Å². The van der Waals surface area contributed by atoms with Crippen LogP contribution in [0.1, 0.15) is 50.9 Å². The van der Waals surface area contributed by atoms with Crippen LogP contribution < -0.4 is 5.56 Å². The lowest BCUT2D eigenvalue weighted by molar-refractivity contribution is 0.0693. The SMILES string of the molecule is Cc1ncc(C(=O)N2CCCC(c3ccc(C(=O)O)cc3)C2)c(=O)[nH]1. The molecule has 1 aliphatic rings. The summed E-state index contributed by atoms with van der Waals surface area (Å²) >= 11 is 0. The summed E-state index contributed by atoms with van der Waals surface area (Å²) in [4.78, 5) is 43.8. The summed E-state index contributed by atoms with van der Waals surface area (Å²) in [6.45, 7) is 2.75. The van der Waals surface area contributed by atoms with Crippen LogP contribution in [-0.2, 0) is 0 Å². The van der Waals surface area contributed by atoms with E-state index in [1.165, 1.54) is 6.20 Å². The highest BCUT2D eigenvalue weighted by Crippen LogP contribution is 2.27. The molecule has 0 bridgehead atoms. The van der Waals surface area contributed by atoms with E-state index >= 15 is 0 Å². The Hall–Kier alpha value is -2.96. The number of likely N-dealkylation sites (tertiary alicyclic amines) is 1. The number of aryl methyl sites for hydroxylation is 1. The minimum atomic E-state index is -0.960. The molecule has 7 nitrogen and oxygen atoms in total. The third-order valence-corrected chi connectivity index (χ3v) is 4.49. The molecule has 1 aliphatic heterocycles. The lowest BCUT2D eigenvalue weighted by Crippen LogP contribution is -2.41. The van der Waals surface area contributed by atoms with E-state index in [0.29, 0.717) is 18.9 Å². The summed E-state index contributed by atoms with van der Waals surface area (Å²) in [5.41, 5.74) is 0.862. The van der Waals surface area contributed by atoms with Crippen LogP contribution in [0, 0.1) is 6.92 Å². The number of nitrogens with zero attached hydrogens (tertiary/aromatic N) is 2. The van der Waals surface area contributed by atoms with E-state index in [9.17, 15) is 14.4 Å². The molecule has 1 aromatic carbocycles. The van der Waals surface area contributed by atoms with Crippen molar-refractivity contribution in [2.45, 2.75) is 25.7 Å². The van der Waals surface area contributed by atoms with Crippen LogP contribution in [0.3, 0.4) is 0 Å². The molecular formula is C18H19N3O4. The number of nitrogens with one attached hydrogen (secondary N) is 1. The molecule has 1 saturated heterocycles. The van der Waals surface area contributed by atoms with Crippen LogP contribution >= 0.6 is 0 Å². The van der Waals surface area contributed by atoms with E-state index in [0.717, 1.165) is 18.4 Å². The minimum Gasteiger partial charge on any atom is -0.478 e. The number of hydrogen-bond acceptors (Lipinski definition) is 4. The maximum Gasteiger partial charge on any atom is 0.335 e. The Morgan fingerprint density at radius 1 is 1.28 bits per heavy atom. The first-order valence-corrected chi connectivity index (χ1v) is 8.14.